The molecule has 1 aliphatic rings. The van der Waals surface area contributed by atoms with Gasteiger partial charge in [0.25, 0.3) is 0 Å². The predicted molar refractivity (Wildman–Crippen MR) is 88.7 cm³/mol. The predicted octanol–water partition coefficient (Wildman–Crippen LogP) is 0.0277. The Bertz CT molecular complexity index is 723. The molecule has 24 heavy (non-hydrogen) atoms. The van der Waals surface area contributed by atoms with E-state index >= 15 is 0 Å². The van der Waals surface area contributed by atoms with Crippen LogP contribution < -0.4 is 14.8 Å². The summed E-state index contributed by atoms with van der Waals surface area (Å²) in [6.45, 7) is -0.0742. The zero-order valence-corrected chi connectivity index (χ0v) is 14.3. The molecule has 1 fully saturated rings. The summed E-state index contributed by atoms with van der Waals surface area (Å²) in [5.41, 5.74) is -0.710. The fraction of sp³-hybridized carbons (Fsp3) is 0.500. The van der Waals surface area contributed by atoms with Crippen LogP contribution in [0.2, 0.25) is 0 Å². The van der Waals surface area contributed by atoms with Gasteiger partial charge in [0.2, 0.25) is 10.0 Å². The molecule has 1 atom stereocenters. The molecule has 1 aromatic rings. The Morgan fingerprint density at radius 1 is 1.46 bits per heavy atom. The Morgan fingerprint density at radius 3 is 2.71 bits per heavy atom. The van der Waals surface area contributed by atoms with Crippen molar-refractivity contribution < 1.29 is 28.2 Å². The van der Waals surface area contributed by atoms with Crippen molar-refractivity contribution in [1.82, 2.24) is 4.90 Å². The minimum Gasteiger partial charge on any atom is -0.495 e. The van der Waals surface area contributed by atoms with Gasteiger partial charge in [0.05, 0.1) is 32.2 Å². The van der Waals surface area contributed by atoms with Gasteiger partial charge in [-0.1, -0.05) is 0 Å². The summed E-state index contributed by atoms with van der Waals surface area (Å²) < 4.78 is 30.2. The van der Waals surface area contributed by atoms with Crippen LogP contribution in [0.4, 0.5) is 16.2 Å². The lowest BCUT2D eigenvalue weighted by Gasteiger charge is -2.21. The van der Waals surface area contributed by atoms with Crippen molar-refractivity contribution >= 4 is 27.4 Å². The molecule has 0 aliphatic carbocycles. The summed E-state index contributed by atoms with van der Waals surface area (Å²) in [4.78, 5) is 13.6. The molecule has 2 amide bonds. The van der Waals surface area contributed by atoms with Crippen molar-refractivity contribution in [3.05, 3.63) is 18.2 Å². The van der Waals surface area contributed by atoms with Gasteiger partial charge < -0.3 is 25.2 Å². The molecular weight excluding hydrogens is 338 g/mol. The number of nitrogens with one attached hydrogen (secondary N) is 2. The van der Waals surface area contributed by atoms with Crippen molar-refractivity contribution in [2.24, 2.45) is 0 Å². The lowest BCUT2D eigenvalue weighted by atomic mass is 10.1. The maximum atomic E-state index is 12.2. The van der Waals surface area contributed by atoms with E-state index in [1.807, 2.05) is 0 Å². The highest BCUT2D eigenvalue weighted by Crippen LogP contribution is 2.29. The third-order valence-electron chi connectivity index (χ3n) is 3.66. The number of amides is 2. The first-order valence-electron chi connectivity index (χ1n) is 7.21. The fourth-order valence-corrected chi connectivity index (χ4v) is 2.99. The Balaban J connectivity index is 2.12. The number of benzene rings is 1. The molecule has 10 heteroatoms. The molecule has 1 heterocycles. The summed E-state index contributed by atoms with van der Waals surface area (Å²) in [5.74, 6) is 0.314. The van der Waals surface area contributed by atoms with Crippen LogP contribution in [0, 0.1) is 0 Å². The Kier molecular flexibility index (Phi) is 5.21. The lowest BCUT2D eigenvalue weighted by Crippen LogP contribution is -2.40. The first-order chi connectivity index (χ1) is 11.2. The molecule has 0 saturated carbocycles. The molecule has 1 saturated heterocycles. The summed E-state index contributed by atoms with van der Waals surface area (Å²) >= 11 is 0. The van der Waals surface area contributed by atoms with Gasteiger partial charge in [-0.05, 0) is 24.6 Å². The van der Waals surface area contributed by atoms with Crippen LogP contribution in [0.25, 0.3) is 0 Å². The topological polar surface area (TPSA) is 128 Å². The zero-order chi connectivity index (χ0) is 18.0. The number of hydrogen-bond donors (Lipinski definition) is 4. The van der Waals surface area contributed by atoms with E-state index in [4.69, 9.17) is 9.84 Å². The standard InChI is InChI=1S/C14H21N3O6S/c1-23-12-4-3-10(7-11(12)16-24(2,21)22)15-13(19)17-6-5-14(20,8-17)9-18/h3-4,7,16,18,20H,5-6,8-9H2,1-2H3,(H,15,19). The number of urea groups is 1. The largest absolute Gasteiger partial charge is 0.495 e. The number of nitrogens with zero attached hydrogens (tertiary/aromatic N) is 1. The summed E-state index contributed by atoms with van der Waals surface area (Å²) in [6, 6.07) is 4.08. The van der Waals surface area contributed by atoms with Crippen LogP contribution in [0.15, 0.2) is 18.2 Å². The first kappa shape index (κ1) is 18.3. The second-order valence-electron chi connectivity index (χ2n) is 5.77. The van der Waals surface area contributed by atoms with Gasteiger partial charge in [0, 0.05) is 12.2 Å². The third-order valence-corrected chi connectivity index (χ3v) is 4.25. The first-order valence-corrected chi connectivity index (χ1v) is 9.10. The van der Waals surface area contributed by atoms with Crippen molar-refractivity contribution in [2.75, 3.05) is 43.1 Å². The molecule has 0 radical (unpaired) electrons. The minimum absolute atomic E-state index is 0.0277. The molecule has 9 nitrogen and oxygen atoms in total. The number of β-amino-alcohol motifs (C(OH)–C–C–N with tert-alkyl or cyclic N) is 1. The van der Waals surface area contributed by atoms with E-state index in [0.29, 0.717) is 24.4 Å². The smallest absolute Gasteiger partial charge is 0.321 e. The number of aliphatic hydroxyl groups is 2. The Hall–Kier alpha value is -2.04. The summed E-state index contributed by atoms with van der Waals surface area (Å²) in [6.07, 6.45) is 1.30. The van der Waals surface area contributed by atoms with Gasteiger partial charge in [-0.15, -0.1) is 0 Å². The van der Waals surface area contributed by atoms with Gasteiger partial charge in [-0.3, -0.25) is 4.72 Å². The van der Waals surface area contributed by atoms with Crippen molar-refractivity contribution in [3.8, 4) is 5.75 Å². The van der Waals surface area contributed by atoms with E-state index in [1.165, 1.54) is 24.1 Å². The molecule has 1 aliphatic heterocycles. The van der Waals surface area contributed by atoms with Gasteiger partial charge in [-0.2, -0.15) is 0 Å². The van der Waals surface area contributed by atoms with Crippen molar-refractivity contribution in [1.29, 1.82) is 0 Å². The number of carbonyl (C=O) groups excluding carboxylic acids is 1. The number of likely N-dealkylation sites (tertiary alicyclic amines) is 1. The number of ether oxygens (including phenoxy) is 1. The summed E-state index contributed by atoms with van der Waals surface area (Å²) in [7, 11) is -2.10. The van der Waals surface area contributed by atoms with Crippen LogP contribution in [0.3, 0.4) is 0 Å². The van der Waals surface area contributed by atoms with Crippen LogP contribution >= 0.6 is 0 Å². The highest BCUT2D eigenvalue weighted by atomic mass is 32.2. The van der Waals surface area contributed by atoms with Crippen molar-refractivity contribution in [3.63, 3.8) is 0 Å². The van der Waals surface area contributed by atoms with Crippen LogP contribution in [-0.2, 0) is 10.0 Å². The normalized spacial score (nSPS) is 20.8. The van der Waals surface area contributed by atoms with Crippen LogP contribution in [0.1, 0.15) is 6.42 Å². The maximum Gasteiger partial charge on any atom is 0.321 e. The maximum absolute atomic E-state index is 12.2. The quantitative estimate of drug-likeness (QED) is 0.587. The average molecular weight is 359 g/mol. The molecule has 134 valence electrons. The molecule has 0 aromatic heterocycles. The molecule has 0 spiro atoms. The Labute approximate surface area is 140 Å². The average Bonchev–Trinajstić information content (AvgIpc) is 2.89. The number of methoxy groups -OCH3 is 1. The summed E-state index contributed by atoms with van der Waals surface area (Å²) in [5, 5.41) is 21.7. The van der Waals surface area contributed by atoms with Gasteiger partial charge in [0.15, 0.2) is 0 Å². The molecule has 0 bridgehead atoms. The van der Waals surface area contributed by atoms with E-state index in [-0.39, 0.29) is 12.2 Å². The van der Waals surface area contributed by atoms with Gasteiger partial charge in [-0.25, -0.2) is 13.2 Å². The lowest BCUT2D eigenvalue weighted by molar-refractivity contribution is -0.00246. The van der Waals surface area contributed by atoms with Crippen LogP contribution in [-0.4, -0.2) is 68.2 Å². The van der Waals surface area contributed by atoms with E-state index < -0.39 is 28.3 Å². The molecular formula is C14H21N3O6S. The number of aliphatic hydroxyl groups excluding tert-OH is 1. The van der Waals surface area contributed by atoms with E-state index in [0.717, 1.165) is 6.26 Å². The fourth-order valence-electron chi connectivity index (χ4n) is 2.43. The van der Waals surface area contributed by atoms with Gasteiger partial charge >= 0.3 is 6.03 Å². The number of sulfonamides is 1. The number of anilines is 2. The SMILES string of the molecule is COc1ccc(NC(=O)N2CCC(O)(CO)C2)cc1NS(C)(=O)=O. The van der Waals surface area contributed by atoms with E-state index in [2.05, 4.69) is 10.0 Å². The number of rotatable bonds is 5. The molecule has 1 unspecified atom stereocenters. The molecule has 4 N–H and O–H groups in total. The number of carbonyl (C=O) groups is 1. The Morgan fingerprint density at radius 2 is 2.17 bits per heavy atom. The number of hydrogen-bond acceptors (Lipinski definition) is 6. The molecule has 1 aromatic carbocycles. The van der Waals surface area contributed by atoms with Gasteiger partial charge in [0.1, 0.15) is 11.4 Å². The van der Waals surface area contributed by atoms with Crippen LogP contribution in [0.5, 0.6) is 5.75 Å². The van der Waals surface area contributed by atoms with Crippen molar-refractivity contribution in [2.45, 2.75) is 12.0 Å². The monoisotopic (exact) mass is 359 g/mol. The second-order valence-corrected chi connectivity index (χ2v) is 7.52. The zero-order valence-electron chi connectivity index (χ0n) is 13.4. The highest BCUT2D eigenvalue weighted by Gasteiger charge is 2.37. The third kappa shape index (κ3) is 4.49. The minimum atomic E-state index is -3.50. The van der Waals surface area contributed by atoms with E-state index in [9.17, 15) is 18.3 Å². The van der Waals surface area contributed by atoms with E-state index in [1.54, 1.807) is 6.07 Å². The highest BCUT2D eigenvalue weighted by molar-refractivity contribution is 7.92. The molecule has 2 rings (SSSR count). The second kappa shape index (κ2) is 6.83.